The first-order valence-electron chi connectivity index (χ1n) is 8.04. The van der Waals surface area contributed by atoms with Crippen molar-refractivity contribution in [1.29, 1.82) is 0 Å². The molecule has 7 nitrogen and oxygen atoms in total. The van der Waals surface area contributed by atoms with Crippen LogP contribution in [0.1, 0.15) is 24.0 Å². The first-order valence-corrected chi connectivity index (χ1v) is 8.04. The number of carbonyl (C=O) groups excluding carboxylic acids is 1. The average molecular weight is 341 g/mol. The number of fused-ring (bicyclic) bond motifs is 1. The van der Waals surface area contributed by atoms with Crippen molar-refractivity contribution in [3.8, 4) is 5.75 Å². The van der Waals surface area contributed by atoms with Crippen LogP contribution in [0.15, 0.2) is 48.5 Å². The zero-order chi connectivity index (χ0) is 17.8. The van der Waals surface area contributed by atoms with E-state index in [2.05, 4.69) is 10.6 Å². The number of benzene rings is 2. The van der Waals surface area contributed by atoms with Crippen LogP contribution in [0.4, 0.5) is 10.5 Å². The molecule has 2 amide bonds. The van der Waals surface area contributed by atoms with Crippen molar-refractivity contribution in [2.24, 2.45) is 0 Å². The van der Waals surface area contributed by atoms with Gasteiger partial charge in [-0.05, 0) is 13.0 Å². The van der Waals surface area contributed by atoms with Crippen molar-refractivity contribution in [1.82, 2.24) is 10.6 Å². The van der Waals surface area contributed by atoms with E-state index >= 15 is 0 Å². The average Bonchev–Trinajstić information content (AvgIpc) is 3.04. The van der Waals surface area contributed by atoms with Crippen LogP contribution in [0, 0.1) is 10.1 Å². The summed E-state index contributed by atoms with van der Waals surface area (Å²) < 4.78 is 5.64. The van der Waals surface area contributed by atoms with Gasteiger partial charge in [-0.25, -0.2) is 4.79 Å². The maximum Gasteiger partial charge on any atom is 0.315 e. The van der Waals surface area contributed by atoms with Crippen molar-refractivity contribution >= 4 is 11.7 Å². The van der Waals surface area contributed by atoms with Crippen molar-refractivity contribution in [3.63, 3.8) is 0 Å². The van der Waals surface area contributed by atoms with Crippen LogP contribution in [0.5, 0.6) is 5.75 Å². The summed E-state index contributed by atoms with van der Waals surface area (Å²) in [4.78, 5) is 22.7. The minimum atomic E-state index is -0.454. The summed E-state index contributed by atoms with van der Waals surface area (Å²) in [6.45, 7) is 2.53. The number of nitrogens with zero attached hydrogens (tertiary/aromatic N) is 1. The Labute approximate surface area is 145 Å². The summed E-state index contributed by atoms with van der Waals surface area (Å²) >= 11 is 0. The zero-order valence-electron chi connectivity index (χ0n) is 13.8. The molecule has 0 fully saturated rings. The lowest BCUT2D eigenvalue weighted by molar-refractivity contribution is -0.385. The molecule has 2 atom stereocenters. The van der Waals surface area contributed by atoms with Gasteiger partial charge in [0.25, 0.3) is 5.69 Å². The van der Waals surface area contributed by atoms with Gasteiger partial charge in [0, 0.05) is 29.2 Å². The number of nitrogens with one attached hydrogen (secondary N) is 2. The Hall–Kier alpha value is -3.09. The molecule has 2 aromatic rings. The second-order valence-corrected chi connectivity index (χ2v) is 5.96. The number of amides is 2. The second kappa shape index (κ2) is 7.21. The molecule has 1 aliphatic heterocycles. The van der Waals surface area contributed by atoms with Crippen LogP contribution in [0.2, 0.25) is 0 Å². The number of nitro benzene ring substituents is 1. The molecule has 0 bridgehead atoms. The second-order valence-electron chi connectivity index (χ2n) is 5.96. The molecule has 1 heterocycles. The van der Waals surface area contributed by atoms with Gasteiger partial charge in [-0.2, -0.15) is 0 Å². The Bertz CT molecular complexity index is 793. The summed E-state index contributed by atoms with van der Waals surface area (Å²) in [6.07, 6.45) is 0. The van der Waals surface area contributed by atoms with Crippen LogP contribution < -0.4 is 15.4 Å². The number of urea groups is 1. The molecule has 25 heavy (non-hydrogen) atoms. The van der Waals surface area contributed by atoms with E-state index in [1.807, 2.05) is 31.2 Å². The number of hydrogen-bond donors (Lipinski definition) is 2. The molecule has 0 radical (unpaired) electrons. The molecule has 3 rings (SSSR count). The van der Waals surface area contributed by atoms with Crippen LogP contribution in [-0.2, 0) is 6.54 Å². The van der Waals surface area contributed by atoms with E-state index in [4.69, 9.17) is 4.74 Å². The Morgan fingerprint density at radius 1 is 1.28 bits per heavy atom. The Kier molecular flexibility index (Phi) is 4.83. The Morgan fingerprint density at radius 2 is 2.00 bits per heavy atom. The topological polar surface area (TPSA) is 93.5 Å². The number of hydrogen-bond acceptors (Lipinski definition) is 4. The lowest BCUT2D eigenvalue weighted by Crippen LogP contribution is -2.43. The molecule has 2 N–H and O–H groups in total. The van der Waals surface area contributed by atoms with Gasteiger partial charge in [0.05, 0.1) is 18.1 Å². The number of ether oxygens (including phenoxy) is 1. The number of rotatable bonds is 5. The van der Waals surface area contributed by atoms with E-state index in [1.54, 1.807) is 18.2 Å². The third-order valence-electron chi connectivity index (χ3n) is 4.33. The van der Waals surface area contributed by atoms with Gasteiger partial charge in [-0.1, -0.05) is 36.4 Å². The van der Waals surface area contributed by atoms with Crippen LogP contribution in [0.25, 0.3) is 0 Å². The van der Waals surface area contributed by atoms with Gasteiger partial charge in [0.15, 0.2) is 0 Å². The highest BCUT2D eigenvalue weighted by atomic mass is 16.6. The highest BCUT2D eigenvalue weighted by Crippen LogP contribution is 2.35. The minimum absolute atomic E-state index is 0.00558. The van der Waals surface area contributed by atoms with E-state index in [0.29, 0.717) is 12.2 Å². The predicted octanol–water partition coefficient (Wildman–Crippen LogP) is 2.96. The molecule has 130 valence electrons. The van der Waals surface area contributed by atoms with Crippen molar-refractivity contribution in [3.05, 3.63) is 69.8 Å². The van der Waals surface area contributed by atoms with E-state index < -0.39 is 4.92 Å². The van der Waals surface area contributed by atoms with Crippen LogP contribution >= 0.6 is 0 Å². The fourth-order valence-electron chi connectivity index (χ4n) is 2.97. The van der Waals surface area contributed by atoms with Gasteiger partial charge in [0.1, 0.15) is 5.75 Å². The molecule has 0 aromatic heterocycles. The first kappa shape index (κ1) is 16.8. The zero-order valence-corrected chi connectivity index (χ0v) is 13.8. The lowest BCUT2D eigenvalue weighted by atomic mass is 9.94. The highest BCUT2D eigenvalue weighted by molar-refractivity contribution is 5.74. The van der Waals surface area contributed by atoms with Gasteiger partial charge in [0.2, 0.25) is 0 Å². The van der Waals surface area contributed by atoms with Crippen molar-refractivity contribution in [2.45, 2.75) is 25.4 Å². The van der Waals surface area contributed by atoms with Crippen molar-refractivity contribution < 1.29 is 14.5 Å². The molecule has 0 spiro atoms. The smallest absolute Gasteiger partial charge is 0.315 e. The lowest BCUT2D eigenvalue weighted by Gasteiger charge is -2.20. The maximum absolute atomic E-state index is 12.1. The molecule has 0 saturated heterocycles. The van der Waals surface area contributed by atoms with E-state index in [0.717, 1.165) is 11.3 Å². The summed E-state index contributed by atoms with van der Waals surface area (Å²) in [7, 11) is 0. The normalized spacial score (nSPS) is 16.4. The fraction of sp³-hybridized carbons (Fsp3) is 0.278. The fourth-order valence-corrected chi connectivity index (χ4v) is 2.97. The number of nitro groups is 1. The van der Waals surface area contributed by atoms with Gasteiger partial charge in [-0.15, -0.1) is 0 Å². The molecule has 7 heteroatoms. The molecule has 0 unspecified atom stereocenters. The van der Waals surface area contributed by atoms with Gasteiger partial charge in [-0.3, -0.25) is 10.1 Å². The van der Waals surface area contributed by atoms with Crippen LogP contribution in [0.3, 0.4) is 0 Å². The third kappa shape index (κ3) is 3.71. The molecule has 2 aromatic carbocycles. The number of carbonyl (C=O) groups is 1. The third-order valence-corrected chi connectivity index (χ3v) is 4.33. The number of para-hydroxylation sites is 2. The van der Waals surface area contributed by atoms with E-state index in [-0.39, 0.29) is 30.2 Å². The monoisotopic (exact) mass is 341 g/mol. The Balaban J connectivity index is 1.58. The summed E-state index contributed by atoms with van der Waals surface area (Å²) in [6, 6.07) is 13.6. The largest absolute Gasteiger partial charge is 0.493 e. The molecule has 0 aliphatic carbocycles. The molecular formula is C18H19N3O4. The van der Waals surface area contributed by atoms with Gasteiger partial charge >= 0.3 is 6.03 Å². The van der Waals surface area contributed by atoms with Gasteiger partial charge < -0.3 is 15.4 Å². The van der Waals surface area contributed by atoms with Crippen molar-refractivity contribution in [2.75, 3.05) is 6.61 Å². The van der Waals surface area contributed by atoms with E-state index in [1.165, 1.54) is 6.07 Å². The maximum atomic E-state index is 12.1. The minimum Gasteiger partial charge on any atom is -0.493 e. The van der Waals surface area contributed by atoms with E-state index in [9.17, 15) is 14.9 Å². The Morgan fingerprint density at radius 3 is 2.80 bits per heavy atom. The predicted molar refractivity (Wildman–Crippen MR) is 92.6 cm³/mol. The highest BCUT2D eigenvalue weighted by Gasteiger charge is 2.29. The quantitative estimate of drug-likeness (QED) is 0.646. The first-order chi connectivity index (χ1) is 12.1. The van der Waals surface area contributed by atoms with Crippen LogP contribution in [-0.4, -0.2) is 23.6 Å². The summed E-state index contributed by atoms with van der Waals surface area (Å²) in [5.74, 6) is 0.925. The molecule has 0 saturated carbocycles. The molecular weight excluding hydrogens is 322 g/mol. The SMILES string of the molecule is C[C@H](NC(=O)NCc1ccccc1[N+](=O)[O-])[C@H]1COc2ccccc21. The standard InChI is InChI=1S/C18H19N3O4/c1-12(15-11-25-17-9-5-3-7-14(15)17)20-18(22)19-10-13-6-2-4-8-16(13)21(23)24/h2-9,12,15H,10-11H2,1H3,(H2,19,20,22)/t12-,15+/m0/s1. The summed E-state index contributed by atoms with van der Waals surface area (Å²) in [5.41, 5.74) is 1.54. The molecule has 1 aliphatic rings. The summed E-state index contributed by atoms with van der Waals surface area (Å²) in [5, 5.41) is 16.6.